The minimum atomic E-state index is -0.968. The topological polar surface area (TPSA) is 63.6 Å². The third-order valence-corrected chi connectivity index (χ3v) is 3.72. The number of esters is 1. The highest BCUT2D eigenvalue weighted by molar-refractivity contribution is 7.84. The van der Waals surface area contributed by atoms with Crippen LogP contribution in [0.2, 0.25) is 0 Å². The zero-order valence-electron chi connectivity index (χ0n) is 10.4. The fourth-order valence-electron chi connectivity index (χ4n) is 1.44. The molecule has 0 amide bonds. The van der Waals surface area contributed by atoms with Gasteiger partial charge < -0.3 is 9.84 Å². The molecule has 0 saturated carbocycles. The molecule has 0 bridgehead atoms. The largest absolute Gasteiger partial charge is 0.462 e. The normalized spacial score (nSPS) is 12.1. The van der Waals surface area contributed by atoms with Gasteiger partial charge in [0.2, 0.25) is 0 Å². The zero-order valence-corrected chi connectivity index (χ0v) is 11.2. The van der Waals surface area contributed by atoms with Gasteiger partial charge in [-0.3, -0.25) is 4.21 Å². The van der Waals surface area contributed by atoms with Crippen LogP contribution in [0, 0.1) is 0 Å². The fourth-order valence-corrected chi connectivity index (χ4v) is 2.59. The van der Waals surface area contributed by atoms with E-state index >= 15 is 0 Å². The van der Waals surface area contributed by atoms with Gasteiger partial charge in [-0.05, 0) is 31.0 Å². The van der Waals surface area contributed by atoms with Crippen molar-refractivity contribution < 1.29 is 18.8 Å². The second kappa shape index (κ2) is 8.00. The molecule has 100 valence electrons. The summed E-state index contributed by atoms with van der Waals surface area (Å²) >= 11 is 0. The Bertz CT molecular complexity index is 400. The predicted octanol–water partition coefficient (Wildman–Crippen LogP) is 1.49. The Balaban J connectivity index is 2.55. The number of aliphatic hydroxyl groups is 1. The van der Waals surface area contributed by atoms with Crippen molar-refractivity contribution in [1.82, 2.24) is 0 Å². The summed E-state index contributed by atoms with van der Waals surface area (Å²) in [4.78, 5) is 11.4. The molecule has 5 heteroatoms. The van der Waals surface area contributed by atoms with Crippen molar-refractivity contribution in [1.29, 1.82) is 0 Å². The Hall–Kier alpha value is -1.20. The molecule has 1 unspecified atom stereocenters. The van der Waals surface area contributed by atoms with Crippen LogP contribution in [0.15, 0.2) is 24.3 Å². The van der Waals surface area contributed by atoms with E-state index < -0.39 is 10.8 Å². The van der Waals surface area contributed by atoms with Gasteiger partial charge in [-0.15, -0.1) is 0 Å². The smallest absolute Gasteiger partial charge is 0.338 e. The number of ether oxygens (including phenoxy) is 1. The molecule has 0 aliphatic carbocycles. The lowest BCUT2D eigenvalue weighted by atomic mass is 10.1. The van der Waals surface area contributed by atoms with Gasteiger partial charge in [0.05, 0.1) is 12.2 Å². The van der Waals surface area contributed by atoms with Crippen LogP contribution in [0.1, 0.15) is 29.3 Å². The maximum absolute atomic E-state index is 11.6. The van der Waals surface area contributed by atoms with E-state index in [0.29, 0.717) is 30.1 Å². The van der Waals surface area contributed by atoms with Crippen molar-refractivity contribution in [2.45, 2.75) is 19.1 Å². The standard InChI is InChI=1S/C13H18O4S/c1-2-17-13(15)12-6-4-11(5-7-12)10-18(16)9-3-8-14/h4-7,14H,2-3,8-10H2,1H3. The molecule has 0 aliphatic heterocycles. The molecule has 1 N–H and O–H groups in total. The van der Waals surface area contributed by atoms with Crippen LogP contribution in [0.25, 0.3) is 0 Å². The molecular weight excluding hydrogens is 252 g/mol. The van der Waals surface area contributed by atoms with Gasteiger partial charge in [-0.2, -0.15) is 0 Å². The SMILES string of the molecule is CCOC(=O)c1ccc(CS(=O)CCCO)cc1. The first kappa shape index (κ1) is 14.9. The number of carbonyl (C=O) groups is 1. The highest BCUT2D eigenvalue weighted by Gasteiger charge is 2.07. The molecule has 0 heterocycles. The lowest BCUT2D eigenvalue weighted by molar-refractivity contribution is 0.0526. The lowest BCUT2D eigenvalue weighted by Crippen LogP contribution is -2.05. The number of hydrogen-bond acceptors (Lipinski definition) is 4. The molecule has 0 saturated heterocycles. The summed E-state index contributed by atoms with van der Waals surface area (Å²) in [5, 5.41) is 8.64. The van der Waals surface area contributed by atoms with Crippen LogP contribution >= 0.6 is 0 Å². The van der Waals surface area contributed by atoms with Crippen LogP contribution in [0.3, 0.4) is 0 Å². The van der Waals surface area contributed by atoms with Gasteiger partial charge in [0.1, 0.15) is 0 Å². The molecule has 0 radical (unpaired) electrons. The average Bonchev–Trinajstić information content (AvgIpc) is 2.37. The van der Waals surface area contributed by atoms with Crippen LogP contribution in [0.5, 0.6) is 0 Å². The lowest BCUT2D eigenvalue weighted by Gasteiger charge is -2.04. The van der Waals surface area contributed by atoms with Crippen LogP contribution in [-0.2, 0) is 21.3 Å². The number of aliphatic hydroxyl groups excluding tert-OH is 1. The highest BCUT2D eigenvalue weighted by atomic mass is 32.2. The first-order chi connectivity index (χ1) is 8.67. The van der Waals surface area contributed by atoms with Gasteiger partial charge >= 0.3 is 5.97 Å². The summed E-state index contributed by atoms with van der Waals surface area (Å²) in [6, 6.07) is 6.92. The molecule has 1 atom stereocenters. The summed E-state index contributed by atoms with van der Waals surface area (Å²) in [6.45, 7) is 2.18. The van der Waals surface area contributed by atoms with Crippen LogP contribution in [-0.4, -0.2) is 34.3 Å². The Morgan fingerprint density at radius 1 is 1.33 bits per heavy atom. The van der Waals surface area contributed by atoms with E-state index in [9.17, 15) is 9.00 Å². The maximum atomic E-state index is 11.6. The molecule has 18 heavy (non-hydrogen) atoms. The van der Waals surface area contributed by atoms with Crippen molar-refractivity contribution >= 4 is 16.8 Å². The Morgan fingerprint density at radius 3 is 2.56 bits per heavy atom. The Morgan fingerprint density at radius 2 is 2.00 bits per heavy atom. The van der Waals surface area contributed by atoms with Crippen molar-refractivity contribution in [3.8, 4) is 0 Å². The second-order valence-electron chi connectivity index (χ2n) is 3.78. The zero-order chi connectivity index (χ0) is 13.4. The van der Waals surface area contributed by atoms with Gasteiger partial charge in [-0.25, -0.2) is 4.79 Å². The van der Waals surface area contributed by atoms with E-state index in [2.05, 4.69) is 0 Å². The molecule has 0 aromatic heterocycles. The molecule has 0 fully saturated rings. The van der Waals surface area contributed by atoms with E-state index in [1.165, 1.54) is 0 Å². The van der Waals surface area contributed by atoms with Crippen LogP contribution < -0.4 is 0 Å². The van der Waals surface area contributed by atoms with E-state index in [1.54, 1.807) is 31.2 Å². The van der Waals surface area contributed by atoms with Crippen LogP contribution in [0.4, 0.5) is 0 Å². The Labute approximate surface area is 109 Å². The fraction of sp³-hybridized carbons (Fsp3) is 0.462. The van der Waals surface area contributed by atoms with Crippen molar-refractivity contribution in [2.24, 2.45) is 0 Å². The second-order valence-corrected chi connectivity index (χ2v) is 5.36. The average molecular weight is 270 g/mol. The minimum absolute atomic E-state index is 0.0630. The number of benzene rings is 1. The third-order valence-electron chi connectivity index (χ3n) is 2.32. The molecule has 1 aromatic rings. The van der Waals surface area contributed by atoms with Crippen molar-refractivity contribution in [3.05, 3.63) is 35.4 Å². The number of hydrogen-bond donors (Lipinski definition) is 1. The summed E-state index contributed by atoms with van der Waals surface area (Å²) < 4.78 is 16.5. The predicted molar refractivity (Wildman–Crippen MR) is 70.8 cm³/mol. The van der Waals surface area contributed by atoms with Gasteiger partial charge in [-0.1, -0.05) is 12.1 Å². The first-order valence-electron chi connectivity index (χ1n) is 5.89. The summed E-state index contributed by atoms with van der Waals surface area (Å²) in [6.07, 6.45) is 0.549. The number of carbonyl (C=O) groups excluding carboxylic acids is 1. The van der Waals surface area contributed by atoms with Crippen molar-refractivity contribution in [3.63, 3.8) is 0 Å². The first-order valence-corrected chi connectivity index (χ1v) is 7.38. The van der Waals surface area contributed by atoms with Gasteiger partial charge in [0.15, 0.2) is 0 Å². The summed E-state index contributed by atoms with van der Waals surface area (Å²) in [7, 11) is -0.968. The molecule has 0 aliphatic rings. The summed E-state index contributed by atoms with van der Waals surface area (Å²) in [5.74, 6) is 0.602. The quantitative estimate of drug-likeness (QED) is 0.763. The van der Waals surface area contributed by atoms with E-state index in [0.717, 1.165) is 5.56 Å². The van der Waals surface area contributed by atoms with E-state index in [4.69, 9.17) is 9.84 Å². The molecule has 0 spiro atoms. The third kappa shape index (κ3) is 4.98. The molecule has 1 rings (SSSR count). The van der Waals surface area contributed by atoms with E-state index in [-0.39, 0.29) is 12.6 Å². The Kier molecular flexibility index (Phi) is 6.60. The maximum Gasteiger partial charge on any atom is 0.338 e. The highest BCUT2D eigenvalue weighted by Crippen LogP contribution is 2.08. The molecule has 1 aromatic carbocycles. The van der Waals surface area contributed by atoms with E-state index in [1.807, 2.05) is 0 Å². The van der Waals surface area contributed by atoms with Gasteiger partial charge in [0.25, 0.3) is 0 Å². The molecule has 4 nitrogen and oxygen atoms in total. The minimum Gasteiger partial charge on any atom is -0.462 e. The summed E-state index contributed by atoms with van der Waals surface area (Å²) in [5.41, 5.74) is 1.42. The van der Waals surface area contributed by atoms with Crippen molar-refractivity contribution in [2.75, 3.05) is 19.0 Å². The monoisotopic (exact) mass is 270 g/mol. The number of rotatable bonds is 7. The molecular formula is C13H18O4S. The van der Waals surface area contributed by atoms with Gasteiger partial charge in [0, 0.05) is 28.9 Å².